The number of amides is 2. The van der Waals surface area contributed by atoms with Crippen molar-refractivity contribution in [3.63, 3.8) is 0 Å². The Morgan fingerprint density at radius 3 is 2.85 bits per heavy atom. The monoisotopic (exact) mass is 275 g/mol. The predicted molar refractivity (Wildman–Crippen MR) is 78.5 cm³/mol. The highest BCUT2D eigenvalue weighted by Crippen LogP contribution is 2.23. The van der Waals surface area contributed by atoms with E-state index < -0.39 is 0 Å². The van der Waals surface area contributed by atoms with Crippen molar-refractivity contribution in [1.29, 1.82) is 0 Å². The minimum atomic E-state index is -0.136. The summed E-state index contributed by atoms with van der Waals surface area (Å²) in [5, 5.41) is 5.70. The summed E-state index contributed by atoms with van der Waals surface area (Å²) in [6, 6.07) is 5.25. The summed E-state index contributed by atoms with van der Waals surface area (Å²) in [6.07, 6.45) is 1.19. The molecule has 0 fully saturated rings. The number of carbonyl (C=O) groups is 2. The standard InChI is InChI=1S/C15H21N3O2/c1-9(2)5-12(8-16)17-15(20)10-3-4-13-11(6-10)7-14(19)18-13/h3-4,6,9,12H,5,7-8,16H2,1-2H3,(H,17,20)(H,18,19). The van der Waals surface area contributed by atoms with Crippen LogP contribution in [0.3, 0.4) is 0 Å². The maximum Gasteiger partial charge on any atom is 0.251 e. The maximum absolute atomic E-state index is 12.2. The molecule has 0 aliphatic carbocycles. The number of carbonyl (C=O) groups excluding carboxylic acids is 2. The summed E-state index contributed by atoms with van der Waals surface area (Å²) in [4.78, 5) is 23.5. The molecule has 0 radical (unpaired) electrons. The minimum Gasteiger partial charge on any atom is -0.348 e. The van der Waals surface area contributed by atoms with E-state index >= 15 is 0 Å². The quantitative estimate of drug-likeness (QED) is 0.757. The van der Waals surface area contributed by atoms with Crippen LogP contribution in [0.2, 0.25) is 0 Å². The van der Waals surface area contributed by atoms with E-state index in [0.29, 0.717) is 24.4 Å². The molecule has 0 saturated heterocycles. The molecule has 0 aromatic heterocycles. The molecule has 108 valence electrons. The van der Waals surface area contributed by atoms with Crippen LogP contribution in [-0.4, -0.2) is 24.4 Å². The molecule has 0 spiro atoms. The number of nitrogens with two attached hydrogens (primary N) is 1. The Hall–Kier alpha value is -1.88. The van der Waals surface area contributed by atoms with Gasteiger partial charge in [0.15, 0.2) is 0 Å². The average molecular weight is 275 g/mol. The molecular formula is C15H21N3O2. The summed E-state index contributed by atoms with van der Waals surface area (Å²) >= 11 is 0. The van der Waals surface area contributed by atoms with Gasteiger partial charge in [-0.05, 0) is 36.1 Å². The SMILES string of the molecule is CC(C)CC(CN)NC(=O)c1ccc2c(c1)CC(=O)N2. The smallest absolute Gasteiger partial charge is 0.251 e. The van der Waals surface area contributed by atoms with Gasteiger partial charge in [-0.3, -0.25) is 9.59 Å². The van der Waals surface area contributed by atoms with Crippen molar-refractivity contribution >= 4 is 17.5 Å². The maximum atomic E-state index is 12.2. The Balaban J connectivity index is 2.06. The van der Waals surface area contributed by atoms with E-state index in [-0.39, 0.29) is 17.9 Å². The lowest BCUT2D eigenvalue weighted by Gasteiger charge is -2.19. The summed E-state index contributed by atoms with van der Waals surface area (Å²) < 4.78 is 0. The fourth-order valence-electron chi connectivity index (χ4n) is 2.42. The highest BCUT2D eigenvalue weighted by atomic mass is 16.2. The molecular weight excluding hydrogens is 254 g/mol. The normalized spacial score (nSPS) is 14.9. The first-order valence-corrected chi connectivity index (χ1v) is 6.93. The number of hydrogen-bond acceptors (Lipinski definition) is 3. The highest BCUT2D eigenvalue weighted by Gasteiger charge is 2.20. The van der Waals surface area contributed by atoms with E-state index in [1.807, 2.05) is 0 Å². The van der Waals surface area contributed by atoms with E-state index in [2.05, 4.69) is 24.5 Å². The molecule has 1 heterocycles. The van der Waals surface area contributed by atoms with Gasteiger partial charge in [-0.25, -0.2) is 0 Å². The first-order valence-electron chi connectivity index (χ1n) is 6.93. The van der Waals surface area contributed by atoms with Gasteiger partial charge in [0.05, 0.1) is 6.42 Å². The average Bonchev–Trinajstić information content (AvgIpc) is 2.76. The molecule has 5 nitrogen and oxygen atoms in total. The molecule has 2 amide bonds. The molecule has 0 bridgehead atoms. The Morgan fingerprint density at radius 2 is 2.20 bits per heavy atom. The van der Waals surface area contributed by atoms with Gasteiger partial charge in [0.25, 0.3) is 5.91 Å². The Kier molecular flexibility index (Phi) is 4.39. The van der Waals surface area contributed by atoms with E-state index in [1.54, 1.807) is 18.2 Å². The van der Waals surface area contributed by atoms with Gasteiger partial charge in [0.1, 0.15) is 0 Å². The van der Waals surface area contributed by atoms with Crippen LogP contribution < -0.4 is 16.4 Å². The Bertz CT molecular complexity index is 526. The molecule has 0 saturated carbocycles. The molecule has 4 N–H and O–H groups in total. The third kappa shape index (κ3) is 3.36. The fourth-order valence-corrected chi connectivity index (χ4v) is 2.42. The van der Waals surface area contributed by atoms with Crippen molar-refractivity contribution in [2.45, 2.75) is 32.7 Å². The molecule has 20 heavy (non-hydrogen) atoms. The topological polar surface area (TPSA) is 84.2 Å². The summed E-state index contributed by atoms with van der Waals surface area (Å²) in [5.74, 6) is 0.311. The number of benzene rings is 1. The van der Waals surface area contributed by atoms with Crippen molar-refractivity contribution in [1.82, 2.24) is 5.32 Å². The molecule has 1 aliphatic rings. The highest BCUT2D eigenvalue weighted by molar-refractivity contribution is 6.01. The van der Waals surface area contributed by atoms with Crippen molar-refractivity contribution in [2.75, 3.05) is 11.9 Å². The lowest BCUT2D eigenvalue weighted by Crippen LogP contribution is -2.41. The van der Waals surface area contributed by atoms with E-state index in [4.69, 9.17) is 5.73 Å². The lowest BCUT2D eigenvalue weighted by molar-refractivity contribution is -0.115. The van der Waals surface area contributed by atoms with Gasteiger partial charge in [-0.15, -0.1) is 0 Å². The lowest BCUT2D eigenvalue weighted by atomic mass is 10.0. The van der Waals surface area contributed by atoms with Crippen LogP contribution in [0.15, 0.2) is 18.2 Å². The number of fused-ring (bicyclic) bond motifs is 1. The largest absolute Gasteiger partial charge is 0.348 e. The van der Waals surface area contributed by atoms with E-state index in [1.165, 1.54) is 0 Å². The molecule has 2 rings (SSSR count). The minimum absolute atomic E-state index is 0.0180. The first-order chi connectivity index (χ1) is 9.49. The first kappa shape index (κ1) is 14.5. The van der Waals surface area contributed by atoms with E-state index in [0.717, 1.165) is 17.7 Å². The van der Waals surface area contributed by atoms with Gasteiger partial charge in [-0.2, -0.15) is 0 Å². The molecule has 1 aromatic carbocycles. The third-order valence-electron chi connectivity index (χ3n) is 3.37. The summed E-state index contributed by atoms with van der Waals surface area (Å²) in [5.41, 5.74) is 7.92. The predicted octanol–water partition coefficient (Wildman–Crippen LogP) is 1.28. The van der Waals surface area contributed by atoms with Crippen LogP contribution in [0, 0.1) is 5.92 Å². The second kappa shape index (κ2) is 6.05. The molecule has 5 heteroatoms. The van der Waals surface area contributed by atoms with Crippen molar-refractivity contribution in [2.24, 2.45) is 11.7 Å². The molecule has 1 unspecified atom stereocenters. The number of anilines is 1. The van der Waals surface area contributed by atoms with Crippen LogP contribution in [0.1, 0.15) is 36.2 Å². The second-order valence-electron chi connectivity index (χ2n) is 5.63. The zero-order chi connectivity index (χ0) is 14.7. The Labute approximate surface area is 118 Å². The van der Waals surface area contributed by atoms with Gasteiger partial charge in [0.2, 0.25) is 5.91 Å². The summed E-state index contributed by atoms with van der Waals surface area (Å²) in [6.45, 7) is 4.62. The van der Waals surface area contributed by atoms with Crippen LogP contribution in [0.4, 0.5) is 5.69 Å². The van der Waals surface area contributed by atoms with Crippen LogP contribution >= 0.6 is 0 Å². The number of nitrogens with one attached hydrogen (secondary N) is 2. The molecule has 1 atom stereocenters. The van der Waals surface area contributed by atoms with Gasteiger partial charge < -0.3 is 16.4 Å². The van der Waals surface area contributed by atoms with Crippen molar-refractivity contribution in [3.05, 3.63) is 29.3 Å². The molecule has 1 aliphatic heterocycles. The number of rotatable bonds is 5. The van der Waals surface area contributed by atoms with Crippen LogP contribution in [0.5, 0.6) is 0 Å². The summed E-state index contributed by atoms with van der Waals surface area (Å²) in [7, 11) is 0. The van der Waals surface area contributed by atoms with Crippen LogP contribution in [0.25, 0.3) is 0 Å². The number of hydrogen-bond donors (Lipinski definition) is 3. The van der Waals surface area contributed by atoms with Gasteiger partial charge >= 0.3 is 0 Å². The fraction of sp³-hybridized carbons (Fsp3) is 0.467. The zero-order valence-electron chi connectivity index (χ0n) is 11.9. The van der Waals surface area contributed by atoms with Crippen molar-refractivity contribution < 1.29 is 9.59 Å². The zero-order valence-corrected chi connectivity index (χ0v) is 11.9. The van der Waals surface area contributed by atoms with Gasteiger partial charge in [0, 0.05) is 23.8 Å². The van der Waals surface area contributed by atoms with Crippen LogP contribution in [-0.2, 0) is 11.2 Å². The third-order valence-corrected chi connectivity index (χ3v) is 3.37. The Morgan fingerprint density at radius 1 is 1.45 bits per heavy atom. The van der Waals surface area contributed by atoms with E-state index in [9.17, 15) is 9.59 Å². The second-order valence-corrected chi connectivity index (χ2v) is 5.63. The van der Waals surface area contributed by atoms with Gasteiger partial charge in [-0.1, -0.05) is 13.8 Å². The van der Waals surface area contributed by atoms with Crippen molar-refractivity contribution in [3.8, 4) is 0 Å². The molecule has 1 aromatic rings.